The molecule has 0 aliphatic carbocycles. The average Bonchev–Trinajstić information content (AvgIpc) is 2.83. The van der Waals surface area contributed by atoms with Crippen molar-refractivity contribution in [2.75, 3.05) is 5.73 Å². The zero-order chi connectivity index (χ0) is 14.7. The van der Waals surface area contributed by atoms with E-state index in [1.807, 2.05) is 26.0 Å². The number of nitrogens with zero attached hydrogens (tertiary/aromatic N) is 2. The summed E-state index contributed by atoms with van der Waals surface area (Å²) in [7, 11) is 0. The van der Waals surface area contributed by atoms with E-state index in [1.165, 1.54) is 0 Å². The van der Waals surface area contributed by atoms with Crippen molar-refractivity contribution in [3.63, 3.8) is 0 Å². The molecule has 7 heteroatoms. The largest absolute Gasteiger partial charge is 0.366 e. The van der Waals surface area contributed by atoms with Crippen LogP contribution in [-0.2, 0) is 0 Å². The summed E-state index contributed by atoms with van der Waals surface area (Å²) in [6.07, 6.45) is 0. The van der Waals surface area contributed by atoms with E-state index in [1.54, 1.807) is 12.1 Å². The molecular weight excluding hydrogens is 278 g/mol. The Balaban J connectivity index is 2.17. The van der Waals surface area contributed by atoms with Crippen molar-refractivity contribution in [3.8, 4) is 0 Å². The molecule has 0 aliphatic rings. The van der Waals surface area contributed by atoms with Crippen LogP contribution < -0.4 is 11.1 Å². The van der Waals surface area contributed by atoms with Crippen LogP contribution in [0.25, 0.3) is 0 Å². The molecule has 0 aliphatic heterocycles. The van der Waals surface area contributed by atoms with E-state index in [0.29, 0.717) is 5.02 Å². The van der Waals surface area contributed by atoms with Gasteiger partial charge in [0, 0.05) is 5.02 Å². The lowest BCUT2D eigenvalue weighted by Crippen LogP contribution is -2.32. The third kappa shape index (κ3) is 3.27. The molecular formula is C13H16ClN5O. The number of anilines is 1. The van der Waals surface area contributed by atoms with Gasteiger partial charge in [0.05, 0.1) is 6.04 Å². The Morgan fingerprint density at radius 3 is 2.50 bits per heavy atom. The fraction of sp³-hybridized carbons (Fsp3) is 0.308. The molecule has 0 bridgehead atoms. The summed E-state index contributed by atoms with van der Waals surface area (Å²) in [4.78, 5) is 15.9. The SMILES string of the molecule is CC(C)C(NC(=O)c1nc(N)n[nH]1)c1ccc(Cl)cc1. The number of benzene rings is 1. The number of nitrogens with one attached hydrogen (secondary N) is 2. The summed E-state index contributed by atoms with van der Waals surface area (Å²) < 4.78 is 0. The number of rotatable bonds is 4. The van der Waals surface area contributed by atoms with Gasteiger partial charge in [0.2, 0.25) is 11.8 Å². The number of amides is 1. The summed E-state index contributed by atoms with van der Waals surface area (Å²) in [5.41, 5.74) is 6.36. The highest BCUT2D eigenvalue weighted by Crippen LogP contribution is 2.23. The summed E-state index contributed by atoms with van der Waals surface area (Å²) >= 11 is 5.88. The Kier molecular flexibility index (Phi) is 4.24. The fourth-order valence-corrected chi connectivity index (χ4v) is 2.02. The monoisotopic (exact) mass is 293 g/mol. The van der Waals surface area contributed by atoms with Gasteiger partial charge < -0.3 is 11.1 Å². The van der Waals surface area contributed by atoms with Crippen LogP contribution in [0.5, 0.6) is 0 Å². The molecule has 106 valence electrons. The Bertz CT molecular complexity index is 593. The van der Waals surface area contributed by atoms with Crippen LogP contribution in [-0.4, -0.2) is 21.1 Å². The maximum Gasteiger partial charge on any atom is 0.289 e. The molecule has 20 heavy (non-hydrogen) atoms. The lowest BCUT2D eigenvalue weighted by atomic mass is 9.96. The molecule has 2 rings (SSSR count). The minimum absolute atomic E-state index is 0.0442. The minimum atomic E-state index is -0.345. The third-order valence-electron chi connectivity index (χ3n) is 2.90. The number of carbonyl (C=O) groups is 1. The molecule has 1 aromatic carbocycles. The quantitative estimate of drug-likeness (QED) is 0.805. The zero-order valence-electron chi connectivity index (χ0n) is 11.2. The molecule has 6 nitrogen and oxygen atoms in total. The van der Waals surface area contributed by atoms with Crippen molar-refractivity contribution in [1.82, 2.24) is 20.5 Å². The second-order valence-corrected chi connectivity index (χ2v) is 5.23. The summed E-state index contributed by atoms with van der Waals surface area (Å²) in [5, 5.41) is 9.70. The van der Waals surface area contributed by atoms with Gasteiger partial charge in [-0.3, -0.25) is 9.89 Å². The van der Waals surface area contributed by atoms with Gasteiger partial charge in [-0.15, -0.1) is 5.10 Å². The van der Waals surface area contributed by atoms with Crippen LogP contribution in [0.2, 0.25) is 5.02 Å². The van der Waals surface area contributed by atoms with Crippen LogP contribution in [0.1, 0.15) is 36.1 Å². The van der Waals surface area contributed by atoms with Crippen LogP contribution in [0.4, 0.5) is 5.95 Å². The molecule has 0 fully saturated rings. The Labute approximate surface area is 121 Å². The van der Waals surface area contributed by atoms with E-state index < -0.39 is 0 Å². The van der Waals surface area contributed by atoms with Crippen molar-refractivity contribution >= 4 is 23.5 Å². The van der Waals surface area contributed by atoms with E-state index in [4.69, 9.17) is 17.3 Å². The Morgan fingerprint density at radius 2 is 2.00 bits per heavy atom. The number of nitrogen functional groups attached to an aromatic ring is 1. The number of hydrogen-bond donors (Lipinski definition) is 3. The van der Waals surface area contributed by atoms with E-state index in [2.05, 4.69) is 20.5 Å². The van der Waals surface area contributed by atoms with Gasteiger partial charge in [0.1, 0.15) is 0 Å². The van der Waals surface area contributed by atoms with Gasteiger partial charge in [-0.25, -0.2) is 0 Å². The zero-order valence-corrected chi connectivity index (χ0v) is 12.0. The van der Waals surface area contributed by atoms with Gasteiger partial charge >= 0.3 is 0 Å². The highest BCUT2D eigenvalue weighted by atomic mass is 35.5. The van der Waals surface area contributed by atoms with Gasteiger partial charge in [-0.1, -0.05) is 37.6 Å². The van der Waals surface area contributed by atoms with E-state index in [9.17, 15) is 4.79 Å². The fourth-order valence-electron chi connectivity index (χ4n) is 1.89. The number of aromatic amines is 1. The second-order valence-electron chi connectivity index (χ2n) is 4.79. The van der Waals surface area contributed by atoms with Crippen molar-refractivity contribution < 1.29 is 4.79 Å². The predicted octanol–water partition coefficient (Wildman–Crippen LogP) is 2.17. The van der Waals surface area contributed by atoms with Crippen LogP contribution in [0.3, 0.4) is 0 Å². The van der Waals surface area contributed by atoms with Crippen LogP contribution in [0, 0.1) is 5.92 Å². The molecule has 4 N–H and O–H groups in total. The van der Waals surface area contributed by atoms with Crippen LogP contribution in [0.15, 0.2) is 24.3 Å². The normalized spacial score (nSPS) is 12.4. The Hall–Kier alpha value is -2.08. The first-order valence-electron chi connectivity index (χ1n) is 6.21. The van der Waals surface area contributed by atoms with E-state index in [0.717, 1.165) is 5.56 Å². The average molecular weight is 294 g/mol. The highest BCUT2D eigenvalue weighted by molar-refractivity contribution is 6.30. The maximum atomic E-state index is 12.1. The molecule has 1 unspecified atom stereocenters. The highest BCUT2D eigenvalue weighted by Gasteiger charge is 2.20. The maximum absolute atomic E-state index is 12.1. The number of carbonyl (C=O) groups excluding carboxylic acids is 1. The van der Waals surface area contributed by atoms with Crippen molar-refractivity contribution in [1.29, 1.82) is 0 Å². The summed E-state index contributed by atoms with van der Waals surface area (Å²) in [5.74, 6) is 0.00750. The first kappa shape index (κ1) is 14.3. The third-order valence-corrected chi connectivity index (χ3v) is 3.15. The molecule has 2 aromatic rings. The minimum Gasteiger partial charge on any atom is -0.366 e. The lowest BCUT2D eigenvalue weighted by Gasteiger charge is -2.22. The van der Waals surface area contributed by atoms with E-state index in [-0.39, 0.29) is 29.6 Å². The molecule has 0 saturated heterocycles. The number of H-pyrrole nitrogens is 1. The second kappa shape index (κ2) is 5.92. The van der Waals surface area contributed by atoms with Gasteiger partial charge in [0.25, 0.3) is 5.91 Å². The first-order chi connectivity index (χ1) is 9.47. The lowest BCUT2D eigenvalue weighted by molar-refractivity contribution is 0.0915. The molecule has 1 aromatic heterocycles. The molecule has 1 heterocycles. The number of nitrogens with two attached hydrogens (primary N) is 1. The smallest absolute Gasteiger partial charge is 0.289 e. The summed E-state index contributed by atoms with van der Waals surface area (Å²) in [6, 6.07) is 7.23. The molecule has 0 spiro atoms. The predicted molar refractivity (Wildman–Crippen MR) is 77.3 cm³/mol. The van der Waals surface area contributed by atoms with Gasteiger partial charge in [0.15, 0.2) is 0 Å². The first-order valence-corrected chi connectivity index (χ1v) is 6.59. The summed E-state index contributed by atoms with van der Waals surface area (Å²) in [6.45, 7) is 4.04. The molecule has 0 saturated carbocycles. The Morgan fingerprint density at radius 1 is 1.35 bits per heavy atom. The number of aromatic nitrogens is 3. The van der Waals surface area contributed by atoms with E-state index >= 15 is 0 Å². The molecule has 0 radical (unpaired) electrons. The standard InChI is InChI=1S/C13H16ClN5O/c1-7(2)10(8-3-5-9(14)6-4-8)16-12(20)11-17-13(15)19-18-11/h3-7,10H,1-2H3,(H,16,20)(H3,15,17,18,19). The molecule has 1 amide bonds. The topological polar surface area (TPSA) is 96.7 Å². The van der Waals surface area contributed by atoms with Gasteiger partial charge in [-0.2, -0.15) is 4.98 Å². The van der Waals surface area contributed by atoms with Crippen molar-refractivity contribution in [3.05, 3.63) is 40.7 Å². The van der Waals surface area contributed by atoms with Gasteiger partial charge in [-0.05, 0) is 23.6 Å². The number of hydrogen-bond acceptors (Lipinski definition) is 4. The molecule has 1 atom stereocenters. The van der Waals surface area contributed by atoms with Crippen molar-refractivity contribution in [2.45, 2.75) is 19.9 Å². The number of halogens is 1. The van der Waals surface area contributed by atoms with Crippen molar-refractivity contribution in [2.24, 2.45) is 5.92 Å². The van der Waals surface area contributed by atoms with Crippen LogP contribution >= 0.6 is 11.6 Å².